The van der Waals surface area contributed by atoms with E-state index in [9.17, 15) is 9.59 Å². The molecule has 1 N–H and O–H groups in total. The van der Waals surface area contributed by atoms with Gasteiger partial charge in [-0.25, -0.2) is 0 Å². The summed E-state index contributed by atoms with van der Waals surface area (Å²) in [5.74, 6) is -1.83. The van der Waals surface area contributed by atoms with E-state index in [0.717, 1.165) is 0 Å². The molecule has 7 nitrogen and oxygen atoms in total. The van der Waals surface area contributed by atoms with E-state index in [2.05, 4.69) is 14.8 Å². The van der Waals surface area contributed by atoms with Crippen molar-refractivity contribution in [2.24, 2.45) is 5.11 Å². The Morgan fingerprint density at radius 1 is 1.69 bits per heavy atom. The first-order chi connectivity index (χ1) is 6.11. The van der Waals surface area contributed by atoms with Gasteiger partial charge < -0.3 is 9.84 Å². The highest BCUT2D eigenvalue weighted by molar-refractivity contribution is 5.82. The van der Waals surface area contributed by atoms with E-state index >= 15 is 0 Å². The molecule has 0 radical (unpaired) electrons. The Kier molecular flexibility index (Phi) is 5.25. The summed E-state index contributed by atoms with van der Waals surface area (Å²) in [5, 5.41) is 11.1. The van der Waals surface area contributed by atoms with Gasteiger partial charge in [-0.3, -0.25) is 9.59 Å². The summed E-state index contributed by atoms with van der Waals surface area (Å²) in [4.78, 5) is 23.3. The van der Waals surface area contributed by atoms with Crippen LogP contribution in [-0.2, 0) is 14.3 Å². The zero-order valence-electron chi connectivity index (χ0n) is 7.01. The van der Waals surface area contributed by atoms with Crippen LogP contribution in [0, 0.1) is 0 Å². The maximum absolute atomic E-state index is 10.8. The molecule has 0 heterocycles. The molecule has 1 amide bonds. The van der Waals surface area contributed by atoms with E-state index in [1.165, 1.54) is 7.11 Å². The number of aliphatic carboxylic acids is 1. The quantitative estimate of drug-likeness (QED) is 0.387. The molecule has 0 spiro atoms. The van der Waals surface area contributed by atoms with Crippen LogP contribution in [-0.4, -0.2) is 30.2 Å². The maximum atomic E-state index is 10.8. The van der Waals surface area contributed by atoms with Crippen LogP contribution in [0.1, 0.15) is 12.8 Å². The fourth-order valence-corrected chi connectivity index (χ4v) is 0.705. The Morgan fingerprint density at radius 2 is 2.31 bits per heavy atom. The number of methoxy groups -OCH3 is 1. The van der Waals surface area contributed by atoms with Crippen LogP contribution in [0.2, 0.25) is 0 Å². The van der Waals surface area contributed by atoms with E-state index in [4.69, 9.17) is 10.6 Å². The first kappa shape index (κ1) is 11.4. The zero-order valence-corrected chi connectivity index (χ0v) is 7.01. The van der Waals surface area contributed by atoms with Crippen LogP contribution in [0.15, 0.2) is 5.11 Å². The normalized spacial score (nSPS) is 11.5. The molecule has 0 rings (SSSR count). The van der Waals surface area contributed by atoms with E-state index in [1.807, 2.05) is 0 Å². The monoisotopic (exact) mass is 187 g/mol. The summed E-state index contributed by atoms with van der Waals surface area (Å²) >= 11 is 0. The Labute approximate surface area is 73.9 Å². The summed E-state index contributed by atoms with van der Waals surface area (Å²) in [5.41, 5.74) is 7.92. The molecule has 0 aromatic carbocycles. The number of nitrogens with zero attached hydrogens (tertiary/aromatic N) is 3. The standard InChI is InChI=1S/C6H9N3O4/c1-13-4(2-3-5(10)11)6(12)8-9-7/h4H,2-3H2,1H3,(H,10,11). The highest BCUT2D eigenvalue weighted by Crippen LogP contribution is 2.03. The van der Waals surface area contributed by atoms with Gasteiger partial charge in [-0.15, -0.1) is 0 Å². The van der Waals surface area contributed by atoms with Gasteiger partial charge in [0.1, 0.15) is 6.10 Å². The predicted octanol–water partition coefficient (Wildman–Crippen LogP) is 0.703. The van der Waals surface area contributed by atoms with Crippen LogP contribution < -0.4 is 0 Å². The van der Waals surface area contributed by atoms with Crippen molar-refractivity contribution < 1.29 is 19.4 Å². The average molecular weight is 187 g/mol. The second-order valence-electron chi connectivity index (χ2n) is 2.18. The van der Waals surface area contributed by atoms with Crippen LogP contribution in [0.5, 0.6) is 0 Å². The third-order valence-electron chi connectivity index (χ3n) is 1.32. The van der Waals surface area contributed by atoms with Gasteiger partial charge in [0.15, 0.2) is 0 Å². The smallest absolute Gasteiger partial charge is 0.303 e. The highest BCUT2D eigenvalue weighted by Gasteiger charge is 2.16. The van der Waals surface area contributed by atoms with Gasteiger partial charge in [0.25, 0.3) is 0 Å². The Hall–Kier alpha value is -1.59. The summed E-state index contributed by atoms with van der Waals surface area (Å²) in [6, 6.07) is 0. The van der Waals surface area contributed by atoms with Gasteiger partial charge >= 0.3 is 5.97 Å². The van der Waals surface area contributed by atoms with E-state index in [0.29, 0.717) is 0 Å². The molecule has 0 aromatic rings. The van der Waals surface area contributed by atoms with Gasteiger partial charge in [-0.2, -0.15) is 0 Å². The Balaban J connectivity index is 4.09. The van der Waals surface area contributed by atoms with E-state index < -0.39 is 18.0 Å². The minimum absolute atomic E-state index is 0.00366. The number of ether oxygens (including phenoxy) is 1. The van der Waals surface area contributed by atoms with Crippen molar-refractivity contribution in [2.45, 2.75) is 18.9 Å². The molecule has 0 aromatic heterocycles. The topological polar surface area (TPSA) is 112 Å². The molecule has 0 saturated carbocycles. The van der Waals surface area contributed by atoms with Crippen molar-refractivity contribution in [2.75, 3.05) is 7.11 Å². The fraction of sp³-hybridized carbons (Fsp3) is 0.667. The van der Waals surface area contributed by atoms with Crippen molar-refractivity contribution >= 4 is 11.9 Å². The lowest BCUT2D eigenvalue weighted by atomic mass is 10.2. The first-order valence-corrected chi connectivity index (χ1v) is 3.45. The molecular formula is C6H9N3O4. The summed E-state index contributed by atoms with van der Waals surface area (Å²) in [6.07, 6.45) is -1.17. The van der Waals surface area contributed by atoms with Crippen molar-refractivity contribution in [3.8, 4) is 0 Å². The number of azide groups is 1. The number of carbonyl (C=O) groups is 2. The first-order valence-electron chi connectivity index (χ1n) is 3.45. The molecule has 0 saturated heterocycles. The second kappa shape index (κ2) is 5.99. The molecule has 0 aliphatic carbocycles. The average Bonchev–Trinajstić information content (AvgIpc) is 2.05. The van der Waals surface area contributed by atoms with Crippen molar-refractivity contribution in [1.29, 1.82) is 0 Å². The van der Waals surface area contributed by atoms with Crippen LogP contribution in [0.3, 0.4) is 0 Å². The Bertz CT molecular complexity index is 246. The lowest BCUT2D eigenvalue weighted by Crippen LogP contribution is -2.21. The van der Waals surface area contributed by atoms with Crippen LogP contribution >= 0.6 is 0 Å². The number of hydrogen-bond donors (Lipinski definition) is 1. The van der Waals surface area contributed by atoms with Gasteiger partial charge in [0, 0.05) is 18.4 Å². The predicted molar refractivity (Wildman–Crippen MR) is 41.8 cm³/mol. The molecule has 72 valence electrons. The molecular weight excluding hydrogens is 178 g/mol. The number of amides is 1. The summed E-state index contributed by atoms with van der Waals surface area (Å²) in [7, 11) is 1.25. The van der Waals surface area contributed by atoms with Crippen molar-refractivity contribution in [1.82, 2.24) is 0 Å². The SMILES string of the molecule is COC(CCC(=O)O)C(=O)N=[N+]=[N-]. The van der Waals surface area contributed by atoms with Gasteiger partial charge in [-0.05, 0) is 17.1 Å². The van der Waals surface area contributed by atoms with E-state index in [1.54, 1.807) is 0 Å². The minimum atomic E-state index is -1.03. The number of carboxylic acids is 1. The lowest BCUT2D eigenvalue weighted by Gasteiger charge is -2.08. The molecule has 0 bridgehead atoms. The van der Waals surface area contributed by atoms with Gasteiger partial charge in [0.05, 0.1) is 0 Å². The highest BCUT2D eigenvalue weighted by atomic mass is 16.5. The molecule has 0 aliphatic rings. The Morgan fingerprint density at radius 3 is 2.69 bits per heavy atom. The largest absolute Gasteiger partial charge is 0.481 e. The maximum Gasteiger partial charge on any atom is 0.303 e. The third-order valence-corrected chi connectivity index (χ3v) is 1.32. The number of carbonyl (C=O) groups excluding carboxylic acids is 1. The molecule has 13 heavy (non-hydrogen) atoms. The van der Waals surface area contributed by atoms with Crippen molar-refractivity contribution in [3.63, 3.8) is 0 Å². The van der Waals surface area contributed by atoms with Crippen LogP contribution in [0.4, 0.5) is 0 Å². The second-order valence-corrected chi connectivity index (χ2v) is 2.18. The van der Waals surface area contributed by atoms with Crippen molar-refractivity contribution in [3.05, 3.63) is 10.4 Å². The zero-order chi connectivity index (χ0) is 10.3. The molecule has 1 atom stereocenters. The molecule has 1 unspecified atom stereocenters. The van der Waals surface area contributed by atoms with Gasteiger partial charge in [-0.1, -0.05) is 0 Å². The number of rotatable bonds is 5. The van der Waals surface area contributed by atoms with Crippen LogP contribution in [0.25, 0.3) is 10.4 Å². The third kappa shape index (κ3) is 4.78. The summed E-state index contributed by atoms with van der Waals surface area (Å²) < 4.78 is 4.64. The molecule has 7 heteroatoms. The number of hydrogen-bond acceptors (Lipinski definition) is 3. The lowest BCUT2D eigenvalue weighted by molar-refractivity contribution is -0.138. The molecule has 0 fully saturated rings. The van der Waals surface area contributed by atoms with E-state index in [-0.39, 0.29) is 12.8 Å². The summed E-state index contributed by atoms with van der Waals surface area (Å²) in [6.45, 7) is 0. The molecule has 0 aliphatic heterocycles. The number of carboxylic acid groups (broad SMARTS) is 1. The fourth-order valence-electron chi connectivity index (χ4n) is 0.705. The minimum Gasteiger partial charge on any atom is -0.481 e. The van der Waals surface area contributed by atoms with Gasteiger partial charge in [0.2, 0.25) is 5.91 Å².